The molecule has 0 unspecified atom stereocenters. The number of urea groups is 1. The van der Waals surface area contributed by atoms with E-state index in [1.54, 1.807) is 0 Å². The van der Waals surface area contributed by atoms with Crippen LogP contribution in [0, 0.1) is 5.92 Å². The zero-order valence-corrected chi connectivity index (χ0v) is 16.2. The summed E-state index contributed by atoms with van der Waals surface area (Å²) in [5.74, 6) is 0.387. The third-order valence-electron chi connectivity index (χ3n) is 5.51. The Balaban J connectivity index is 1.56. The van der Waals surface area contributed by atoms with Gasteiger partial charge in [0.05, 0.1) is 13.2 Å². The lowest BCUT2D eigenvalue weighted by Crippen LogP contribution is -2.56. The third kappa shape index (κ3) is 5.22. The summed E-state index contributed by atoms with van der Waals surface area (Å²) >= 11 is 0. The number of hydrogen-bond donors (Lipinski definition) is 1. The van der Waals surface area contributed by atoms with Crippen LogP contribution in [0.25, 0.3) is 0 Å². The van der Waals surface area contributed by atoms with Gasteiger partial charge >= 0.3 is 6.03 Å². The van der Waals surface area contributed by atoms with Gasteiger partial charge in [-0.25, -0.2) is 4.79 Å². The molecule has 0 radical (unpaired) electrons. The number of carbonyl (C=O) groups excluding carboxylic acids is 2. The first kappa shape index (κ1) is 19.7. The smallest absolute Gasteiger partial charge is 0.317 e. The molecule has 2 aliphatic rings. The first-order valence-electron chi connectivity index (χ1n) is 10.1. The maximum absolute atomic E-state index is 12.7. The SMILES string of the molecule is CCCNC(=O)N1CCOC[C@H]2CN(C(=O)CCc3ccccc3)CC[C@H]21. The molecule has 2 saturated heterocycles. The van der Waals surface area contributed by atoms with Gasteiger partial charge in [0.15, 0.2) is 0 Å². The van der Waals surface area contributed by atoms with Crippen LogP contribution in [0.2, 0.25) is 0 Å². The molecule has 148 valence electrons. The van der Waals surface area contributed by atoms with Crippen LogP contribution < -0.4 is 5.32 Å². The van der Waals surface area contributed by atoms with Crippen molar-refractivity contribution in [3.63, 3.8) is 0 Å². The Hall–Kier alpha value is -2.08. The van der Waals surface area contributed by atoms with Crippen molar-refractivity contribution in [3.05, 3.63) is 35.9 Å². The predicted molar refractivity (Wildman–Crippen MR) is 104 cm³/mol. The Morgan fingerprint density at radius 2 is 2.04 bits per heavy atom. The molecule has 1 N–H and O–H groups in total. The number of ether oxygens (including phenoxy) is 1. The van der Waals surface area contributed by atoms with Gasteiger partial charge in [0.25, 0.3) is 0 Å². The normalized spacial score (nSPS) is 22.7. The van der Waals surface area contributed by atoms with E-state index in [1.165, 1.54) is 5.56 Å². The monoisotopic (exact) mass is 373 g/mol. The average molecular weight is 373 g/mol. The molecule has 0 bridgehead atoms. The number of nitrogens with zero attached hydrogens (tertiary/aromatic N) is 2. The predicted octanol–water partition coefficient (Wildman–Crippen LogP) is 2.29. The molecule has 0 aromatic heterocycles. The van der Waals surface area contributed by atoms with E-state index in [9.17, 15) is 9.59 Å². The molecule has 1 aromatic rings. The van der Waals surface area contributed by atoms with Crippen molar-refractivity contribution in [3.8, 4) is 0 Å². The quantitative estimate of drug-likeness (QED) is 0.861. The molecule has 3 rings (SSSR count). The molecule has 6 nitrogen and oxygen atoms in total. The molecule has 2 heterocycles. The fourth-order valence-electron chi connectivity index (χ4n) is 4.02. The molecule has 3 amide bonds. The van der Waals surface area contributed by atoms with Crippen LogP contribution in [0.4, 0.5) is 4.79 Å². The van der Waals surface area contributed by atoms with Crippen molar-refractivity contribution in [2.24, 2.45) is 5.92 Å². The number of fused-ring (bicyclic) bond motifs is 1. The summed E-state index contributed by atoms with van der Waals surface area (Å²) in [5, 5.41) is 2.99. The molecule has 0 saturated carbocycles. The van der Waals surface area contributed by atoms with Gasteiger partial charge in [-0.05, 0) is 24.8 Å². The topological polar surface area (TPSA) is 61.9 Å². The lowest BCUT2D eigenvalue weighted by Gasteiger charge is -2.42. The number of piperidine rings is 1. The largest absolute Gasteiger partial charge is 0.379 e. The van der Waals surface area contributed by atoms with Crippen LogP contribution >= 0.6 is 0 Å². The molecule has 27 heavy (non-hydrogen) atoms. The summed E-state index contributed by atoms with van der Waals surface area (Å²) in [6.45, 7) is 5.94. The van der Waals surface area contributed by atoms with Crippen molar-refractivity contribution < 1.29 is 14.3 Å². The Labute approximate surface area is 161 Å². The number of nitrogens with one attached hydrogen (secondary N) is 1. The zero-order chi connectivity index (χ0) is 19.1. The lowest BCUT2D eigenvalue weighted by atomic mass is 9.91. The van der Waals surface area contributed by atoms with Crippen LogP contribution in [0.5, 0.6) is 0 Å². The highest BCUT2D eigenvalue weighted by Gasteiger charge is 2.38. The van der Waals surface area contributed by atoms with Gasteiger partial charge < -0.3 is 19.9 Å². The minimum atomic E-state index is 0.00111. The first-order valence-corrected chi connectivity index (χ1v) is 10.1. The van der Waals surface area contributed by atoms with Crippen molar-refractivity contribution in [1.29, 1.82) is 0 Å². The first-order chi connectivity index (χ1) is 13.2. The van der Waals surface area contributed by atoms with Gasteiger partial charge in [0.1, 0.15) is 0 Å². The van der Waals surface area contributed by atoms with Crippen LogP contribution in [0.1, 0.15) is 31.7 Å². The lowest BCUT2D eigenvalue weighted by molar-refractivity contribution is -0.134. The van der Waals surface area contributed by atoms with Crippen molar-refractivity contribution in [2.45, 2.75) is 38.6 Å². The molecular weight excluding hydrogens is 342 g/mol. The maximum Gasteiger partial charge on any atom is 0.317 e. The number of hydrogen-bond acceptors (Lipinski definition) is 3. The van der Waals surface area contributed by atoms with Gasteiger partial charge in [-0.2, -0.15) is 0 Å². The van der Waals surface area contributed by atoms with Crippen LogP contribution in [0.15, 0.2) is 30.3 Å². The second kappa shape index (κ2) is 9.74. The molecule has 0 spiro atoms. The number of amides is 3. The van der Waals surface area contributed by atoms with E-state index in [2.05, 4.69) is 17.4 Å². The van der Waals surface area contributed by atoms with E-state index in [1.807, 2.05) is 34.9 Å². The van der Waals surface area contributed by atoms with Gasteiger partial charge in [-0.3, -0.25) is 4.79 Å². The third-order valence-corrected chi connectivity index (χ3v) is 5.51. The van der Waals surface area contributed by atoms with E-state index in [-0.39, 0.29) is 23.9 Å². The van der Waals surface area contributed by atoms with Gasteiger partial charge in [0, 0.05) is 44.6 Å². The fraction of sp³-hybridized carbons (Fsp3) is 0.619. The van der Waals surface area contributed by atoms with Crippen molar-refractivity contribution in [2.75, 3.05) is 39.4 Å². The molecule has 1 aromatic carbocycles. The Morgan fingerprint density at radius 3 is 2.81 bits per heavy atom. The van der Waals surface area contributed by atoms with E-state index in [0.29, 0.717) is 45.8 Å². The van der Waals surface area contributed by atoms with Crippen LogP contribution in [-0.4, -0.2) is 67.2 Å². The van der Waals surface area contributed by atoms with E-state index in [4.69, 9.17) is 4.74 Å². The number of carbonyl (C=O) groups is 2. The highest BCUT2D eigenvalue weighted by Crippen LogP contribution is 2.26. The molecule has 2 aliphatic heterocycles. The summed E-state index contributed by atoms with van der Waals surface area (Å²) in [6, 6.07) is 10.3. The Morgan fingerprint density at radius 1 is 1.22 bits per heavy atom. The number of rotatable bonds is 5. The summed E-state index contributed by atoms with van der Waals surface area (Å²) in [6.07, 6.45) is 3.05. The minimum Gasteiger partial charge on any atom is -0.379 e. The van der Waals surface area contributed by atoms with Crippen molar-refractivity contribution >= 4 is 11.9 Å². The number of aryl methyl sites for hydroxylation is 1. The summed E-state index contributed by atoms with van der Waals surface area (Å²) < 4.78 is 5.75. The fourth-order valence-corrected chi connectivity index (χ4v) is 4.02. The Bertz CT molecular complexity index is 622. The van der Waals surface area contributed by atoms with Crippen molar-refractivity contribution in [1.82, 2.24) is 15.1 Å². The van der Waals surface area contributed by atoms with Gasteiger partial charge in [0.2, 0.25) is 5.91 Å². The average Bonchev–Trinajstić information content (AvgIpc) is 2.93. The highest BCUT2D eigenvalue weighted by atomic mass is 16.5. The van der Waals surface area contributed by atoms with Crippen LogP contribution in [-0.2, 0) is 16.0 Å². The van der Waals surface area contributed by atoms with E-state index >= 15 is 0 Å². The van der Waals surface area contributed by atoms with Crippen LogP contribution in [0.3, 0.4) is 0 Å². The number of benzene rings is 1. The zero-order valence-electron chi connectivity index (χ0n) is 16.2. The second-order valence-electron chi connectivity index (χ2n) is 7.44. The van der Waals surface area contributed by atoms with E-state index in [0.717, 1.165) is 19.3 Å². The molecular formula is C21H31N3O3. The Kier molecular flexibility index (Phi) is 7.10. The van der Waals surface area contributed by atoms with E-state index < -0.39 is 0 Å². The minimum absolute atomic E-state index is 0.00111. The number of likely N-dealkylation sites (tertiary alicyclic amines) is 1. The molecule has 2 atom stereocenters. The summed E-state index contributed by atoms with van der Waals surface area (Å²) in [4.78, 5) is 29.1. The maximum atomic E-state index is 12.7. The van der Waals surface area contributed by atoms with Gasteiger partial charge in [-0.1, -0.05) is 37.3 Å². The highest BCUT2D eigenvalue weighted by molar-refractivity contribution is 5.77. The molecule has 2 fully saturated rings. The second-order valence-corrected chi connectivity index (χ2v) is 7.44. The molecule has 6 heteroatoms. The summed E-state index contributed by atoms with van der Waals surface area (Å²) in [5.41, 5.74) is 1.19. The standard InChI is InChI=1S/C21H31N3O3/c1-2-11-22-21(26)24-13-14-27-16-18-15-23(12-10-19(18)24)20(25)9-8-17-6-4-3-5-7-17/h3-7,18-19H,2,8-16H2,1H3,(H,22,26)/t18-,19-/m1/s1. The van der Waals surface area contributed by atoms with Gasteiger partial charge in [-0.15, -0.1) is 0 Å². The summed E-state index contributed by atoms with van der Waals surface area (Å²) in [7, 11) is 0. The molecule has 0 aliphatic carbocycles.